The lowest BCUT2D eigenvalue weighted by molar-refractivity contribution is 0.296. The number of rotatable bonds is 3. The molecular formula is C9H5N2O2. The van der Waals surface area contributed by atoms with Gasteiger partial charge in [0.15, 0.2) is 5.71 Å². The van der Waals surface area contributed by atoms with E-state index in [0.29, 0.717) is 5.56 Å². The highest BCUT2D eigenvalue weighted by Crippen LogP contribution is 2.00. The zero-order chi connectivity index (χ0) is 9.52. The van der Waals surface area contributed by atoms with Crippen molar-refractivity contribution in [2.24, 2.45) is 5.16 Å². The van der Waals surface area contributed by atoms with E-state index in [4.69, 9.17) is 5.26 Å². The molecule has 1 rings (SSSR count). The monoisotopic (exact) mass is 173 g/mol. The fourth-order valence-corrected chi connectivity index (χ4v) is 0.798. The van der Waals surface area contributed by atoms with Crippen LogP contribution in [0.15, 0.2) is 35.5 Å². The van der Waals surface area contributed by atoms with E-state index in [0.717, 1.165) is 6.47 Å². The van der Waals surface area contributed by atoms with Crippen molar-refractivity contribution in [3.05, 3.63) is 35.9 Å². The van der Waals surface area contributed by atoms with Crippen molar-refractivity contribution in [3.63, 3.8) is 0 Å². The Morgan fingerprint density at radius 2 is 2.08 bits per heavy atom. The second kappa shape index (κ2) is 4.67. The summed E-state index contributed by atoms with van der Waals surface area (Å²) in [5.41, 5.74) is 0.643. The van der Waals surface area contributed by atoms with Crippen LogP contribution >= 0.6 is 0 Å². The van der Waals surface area contributed by atoms with Gasteiger partial charge in [0.25, 0.3) is 0 Å². The predicted molar refractivity (Wildman–Crippen MR) is 45.4 cm³/mol. The molecule has 0 fully saturated rings. The average molecular weight is 173 g/mol. The largest absolute Gasteiger partial charge is 0.445 e. The van der Waals surface area contributed by atoms with Gasteiger partial charge in [-0.2, -0.15) is 5.26 Å². The quantitative estimate of drug-likeness (QED) is 0.389. The van der Waals surface area contributed by atoms with Gasteiger partial charge in [0.1, 0.15) is 6.07 Å². The summed E-state index contributed by atoms with van der Waals surface area (Å²) in [6.07, 6.45) is 0. The van der Waals surface area contributed by atoms with Crippen molar-refractivity contribution >= 4 is 12.2 Å². The Balaban J connectivity index is 2.93. The first kappa shape index (κ1) is 8.94. The minimum atomic E-state index is 0.0453. The van der Waals surface area contributed by atoms with Crippen LogP contribution in [0.25, 0.3) is 0 Å². The minimum Gasteiger partial charge on any atom is -0.305 e. The molecule has 0 atom stereocenters. The van der Waals surface area contributed by atoms with Crippen molar-refractivity contribution in [3.8, 4) is 6.07 Å². The summed E-state index contributed by atoms with van der Waals surface area (Å²) in [6, 6.07) is 10.5. The summed E-state index contributed by atoms with van der Waals surface area (Å²) in [7, 11) is 0. The highest BCUT2D eigenvalue weighted by molar-refractivity contribution is 6.11. The van der Waals surface area contributed by atoms with Crippen molar-refractivity contribution in [1.29, 1.82) is 5.26 Å². The van der Waals surface area contributed by atoms with Gasteiger partial charge in [-0.3, -0.25) is 0 Å². The number of benzene rings is 1. The van der Waals surface area contributed by atoms with Gasteiger partial charge in [-0.15, -0.1) is 0 Å². The van der Waals surface area contributed by atoms with E-state index in [9.17, 15) is 4.79 Å². The van der Waals surface area contributed by atoms with Crippen molar-refractivity contribution in [2.75, 3.05) is 0 Å². The van der Waals surface area contributed by atoms with E-state index in [-0.39, 0.29) is 5.71 Å². The minimum absolute atomic E-state index is 0.0453. The molecule has 0 aliphatic rings. The first-order valence-corrected chi connectivity index (χ1v) is 3.45. The lowest BCUT2D eigenvalue weighted by Gasteiger charge is -1.93. The molecule has 4 nitrogen and oxygen atoms in total. The molecule has 1 aromatic rings. The zero-order valence-corrected chi connectivity index (χ0v) is 6.60. The number of oxime groups is 1. The molecule has 0 saturated heterocycles. The molecule has 0 spiro atoms. The van der Waals surface area contributed by atoms with E-state index < -0.39 is 0 Å². The van der Waals surface area contributed by atoms with Crippen LogP contribution in [-0.4, -0.2) is 12.2 Å². The van der Waals surface area contributed by atoms with E-state index >= 15 is 0 Å². The standard InChI is InChI=1S/C9H5N2O2/c10-6-9(11-13-7-12)8-4-2-1-3-5-8/h1-5H. The molecule has 0 bridgehead atoms. The topological polar surface area (TPSA) is 62.4 Å². The maximum absolute atomic E-state index is 9.69. The molecular weight excluding hydrogens is 168 g/mol. The molecule has 0 aromatic heterocycles. The molecule has 1 radical (unpaired) electrons. The Morgan fingerprint density at radius 1 is 1.38 bits per heavy atom. The van der Waals surface area contributed by atoms with E-state index in [1.54, 1.807) is 30.3 Å². The maximum Gasteiger partial charge on any atom is 0.445 e. The maximum atomic E-state index is 9.69. The Morgan fingerprint density at radius 3 is 2.62 bits per heavy atom. The lowest BCUT2D eigenvalue weighted by Crippen LogP contribution is -1.97. The molecule has 13 heavy (non-hydrogen) atoms. The van der Waals surface area contributed by atoms with E-state index in [1.807, 2.05) is 6.07 Å². The molecule has 63 valence electrons. The predicted octanol–water partition coefficient (Wildman–Crippen LogP) is 0.998. The summed E-state index contributed by atoms with van der Waals surface area (Å²) in [6.45, 7) is 1.11. The SMILES string of the molecule is N#CC(=NO[C]=O)c1ccccc1. The second-order valence-corrected chi connectivity index (χ2v) is 2.09. The van der Waals surface area contributed by atoms with Crippen LogP contribution in [0.5, 0.6) is 0 Å². The molecule has 0 N–H and O–H groups in total. The summed E-state index contributed by atoms with van der Waals surface area (Å²) in [5.74, 6) is 0. The number of carbonyl (C=O) groups excluding carboxylic acids is 1. The van der Waals surface area contributed by atoms with Crippen LogP contribution in [0.2, 0.25) is 0 Å². The molecule has 0 saturated carbocycles. The Hall–Kier alpha value is -2.15. The van der Waals surface area contributed by atoms with Crippen molar-refractivity contribution in [1.82, 2.24) is 0 Å². The zero-order valence-electron chi connectivity index (χ0n) is 6.60. The first-order valence-electron chi connectivity index (χ1n) is 3.45. The molecule has 0 amide bonds. The first-order chi connectivity index (χ1) is 6.38. The third kappa shape index (κ3) is 2.42. The van der Waals surface area contributed by atoms with Gasteiger partial charge in [-0.05, 0) is 0 Å². The van der Waals surface area contributed by atoms with Gasteiger partial charge in [0.2, 0.25) is 0 Å². The molecule has 0 aliphatic carbocycles. The Bertz CT molecular complexity index is 352. The molecule has 0 unspecified atom stereocenters. The van der Waals surface area contributed by atoms with Gasteiger partial charge in [0.05, 0.1) is 0 Å². The number of hydrogen-bond acceptors (Lipinski definition) is 4. The fourth-order valence-electron chi connectivity index (χ4n) is 0.798. The molecule has 0 heterocycles. The smallest absolute Gasteiger partial charge is 0.305 e. The van der Waals surface area contributed by atoms with E-state index in [1.165, 1.54) is 0 Å². The number of hydrogen-bond donors (Lipinski definition) is 0. The van der Waals surface area contributed by atoms with Gasteiger partial charge < -0.3 is 4.84 Å². The van der Waals surface area contributed by atoms with Crippen LogP contribution in [0, 0.1) is 11.3 Å². The molecule has 0 aliphatic heterocycles. The summed E-state index contributed by atoms with van der Waals surface area (Å²) in [5, 5.41) is 11.9. The summed E-state index contributed by atoms with van der Waals surface area (Å²) >= 11 is 0. The van der Waals surface area contributed by atoms with Crippen molar-refractivity contribution < 1.29 is 9.63 Å². The highest BCUT2D eigenvalue weighted by Gasteiger charge is 2.00. The van der Waals surface area contributed by atoms with Crippen LogP contribution in [0.4, 0.5) is 0 Å². The number of nitriles is 1. The summed E-state index contributed by atoms with van der Waals surface area (Å²) in [4.78, 5) is 13.7. The van der Waals surface area contributed by atoms with Crippen LogP contribution < -0.4 is 0 Å². The van der Waals surface area contributed by atoms with Crippen LogP contribution in [0.3, 0.4) is 0 Å². The summed E-state index contributed by atoms with van der Waals surface area (Å²) < 4.78 is 0. The van der Waals surface area contributed by atoms with Gasteiger partial charge in [-0.25, -0.2) is 4.79 Å². The Labute approximate surface area is 75.0 Å². The highest BCUT2D eigenvalue weighted by atomic mass is 16.7. The van der Waals surface area contributed by atoms with Crippen LogP contribution in [-0.2, 0) is 9.63 Å². The molecule has 1 aromatic carbocycles. The van der Waals surface area contributed by atoms with Gasteiger partial charge in [-0.1, -0.05) is 35.5 Å². The van der Waals surface area contributed by atoms with Crippen LogP contribution in [0.1, 0.15) is 5.56 Å². The fraction of sp³-hybridized carbons (Fsp3) is 0. The second-order valence-electron chi connectivity index (χ2n) is 2.09. The average Bonchev–Trinajstić information content (AvgIpc) is 2.21. The van der Waals surface area contributed by atoms with E-state index in [2.05, 4.69) is 9.99 Å². The number of nitrogens with zero attached hydrogens (tertiary/aromatic N) is 2. The van der Waals surface area contributed by atoms with Gasteiger partial charge in [0, 0.05) is 5.56 Å². The Kier molecular flexibility index (Phi) is 3.21. The molecule has 4 heteroatoms. The lowest BCUT2D eigenvalue weighted by atomic mass is 10.1. The third-order valence-corrected chi connectivity index (χ3v) is 1.33. The van der Waals surface area contributed by atoms with Gasteiger partial charge >= 0.3 is 6.47 Å². The normalized spacial score (nSPS) is 10.2. The van der Waals surface area contributed by atoms with Crippen molar-refractivity contribution in [2.45, 2.75) is 0 Å². The third-order valence-electron chi connectivity index (χ3n) is 1.33.